The molecule has 1 aliphatic heterocycles. The number of unbranched alkanes of at least 4 members (excludes halogenated alkanes) is 7. The van der Waals surface area contributed by atoms with Gasteiger partial charge in [-0.3, -0.25) is 4.18 Å². The Hall–Kier alpha value is 0.790. The summed E-state index contributed by atoms with van der Waals surface area (Å²) in [5, 5.41) is 0. The molecule has 0 amide bonds. The van der Waals surface area contributed by atoms with E-state index in [1.54, 1.807) is 0 Å². The van der Waals surface area contributed by atoms with E-state index in [1.165, 1.54) is 38.5 Å². The van der Waals surface area contributed by atoms with E-state index in [0.29, 0.717) is 0 Å². The summed E-state index contributed by atoms with van der Waals surface area (Å²) in [5.41, 5.74) is 0. The van der Waals surface area contributed by atoms with E-state index in [9.17, 15) is 13.0 Å². The molecule has 0 saturated carbocycles. The minimum atomic E-state index is -4.69. The summed E-state index contributed by atoms with van der Waals surface area (Å²) >= 11 is 0. The molecule has 0 aliphatic carbocycles. The van der Waals surface area contributed by atoms with Gasteiger partial charge < -0.3 is 14.0 Å². The van der Waals surface area contributed by atoms with Gasteiger partial charge >= 0.3 is 29.6 Å². The Morgan fingerprint density at radius 3 is 2.00 bits per heavy atom. The first-order valence-corrected chi connectivity index (χ1v) is 9.22. The summed E-state index contributed by atoms with van der Waals surface area (Å²) in [4.78, 5) is 0. The summed E-state index contributed by atoms with van der Waals surface area (Å²) in [6.45, 7) is 2.39. The van der Waals surface area contributed by atoms with Crippen LogP contribution in [0.25, 0.3) is 0 Å². The Bertz CT molecular complexity index is 354. The van der Waals surface area contributed by atoms with Gasteiger partial charge in [0.15, 0.2) is 6.29 Å². The van der Waals surface area contributed by atoms with Gasteiger partial charge in [-0.15, -0.1) is 0 Å². The largest absolute Gasteiger partial charge is 1.00 e. The molecule has 1 fully saturated rings. The molecular formula is C14H27NaO6S. The fraction of sp³-hybridized carbons (Fsp3) is 1.00. The van der Waals surface area contributed by atoms with Gasteiger partial charge in [-0.05, 0) is 12.8 Å². The van der Waals surface area contributed by atoms with Crippen molar-refractivity contribution in [2.45, 2.75) is 77.1 Å². The van der Waals surface area contributed by atoms with Gasteiger partial charge in [-0.1, -0.05) is 51.9 Å². The number of hydrogen-bond donors (Lipinski definition) is 0. The smallest absolute Gasteiger partial charge is 0.726 e. The molecule has 1 rings (SSSR count). The molecule has 8 heteroatoms. The standard InChI is InChI=1S/C14H28O6S.Na/c1-2-3-4-5-6-7-8-9-10-14-18-11-13(12-19-14)20-21(15,16)17;/h13-14H,2-12H2,1H3,(H,15,16,17);/q;+1/p-1. The molecule has 0 aromatic rings. The Labute approximate surface area is 156 Å². The molecule has 0 unspecified atom stereocenters. The second-order valence-electron chi connectivity index (χ2n) is 5.49. The van der Waals surface area contributed by atoms with E-state index in [-0.39, 0.29) is 49.1 Å². The third-order valence-corrected chi connectivity index (χ3v) is 3.99. The molecule has 0 atom stereocenters. The Kier molecular flexibility index (Phi) is 13.6. The number of hydrogen-bond acceptors (Lipinski definition) is 6. The Morgan fingerprint density at radius 2 is 1.50 bits per heavy atom. The minimum Gasteiger partial charge on any atom is -0.726 e. The third-order valence-electron chi connectivity index (χ3n) is 3.48. The molecule has 1 saturated heterocycles. The van der Waals surface area contributed by atoms with Crippen LogP contribution >= 0.6 is 0 Å². The normalized spacial score (nSPS) is 22.3. The van der Waals surface area contributed by atoms with Gasteiger partial charge in [0.25, 0.3) is 0 Å². The second-order valence-corrected chi connectivity index (χ2v) is 6.50. The van der Waals surface area contributed by atoms with Gasteiger partial charge in [0.05, 0.1) is 13.2 Å². The first kappa shape index (κ1) is 22.8. The van der Waals surface area contributed by atoms with Crippen LogP contribution < -0.4 is 29.6 Å². The third kappa shape index (κ3) is 12.2. The van der Waals surface area contributed by atoms with E-state index in [4.69, 9.17) is 9.47 Å². The van der Waals surface area contributed by atoms with Crippen molar-refractivity contribution in [1.29, 1.82) is 0 Å². The van der Waals surface area contributed by atoms with Crippen LogP contribution in [0.15, 0.2) is 0 Å². The van der Waals surface area contributed by atoms with Crippen LogP contribution in [0.1, 0.15) is 64.7 Å². The van der Waals surface area contributed by atoms with Gasteiger partial charge in [0, 0.05) is 0 Å². The zero-order valence-corrected chi connectivity index (χ0v) is 16.6. The zero-order chi connectivity index (χ0) is 15.6. The van der Waals surface area contributed by atoms with E-state index in [0.717, 1.165) is 19.3 Å². The molecule has 0 radical (unpaired) electrons. The molecule has 0 N–H and O–H groups in total. The van der Waals surface area contributed by atoms with E-state index >= 15 is 0 Å². The molecule has 126 valence electrons. The van der Waals surface area contributed by atoms with Crippen molar-refractivity contribution in [3.63, 3.8) is 0 Å². The summed E-state index contributed by atoms with van der Waals surface area (Å²) < 4.78 is 46.3. The van der Waals surface area contributed by atoms with Gasteiger partial charge in [0.1, 0.15) is 6.10 Å². The van der Waals surface area contributed by atoms with Gasteiger partial charge in [0.2, 0.25) is 10.4 Å². The Morgan fingerprint density at radius 1 is 1.00 bits per heavy atom. The maximum atomic E-state index is 10.4. The monoisotopic (exact) mass is 346 g/mol. The van der Waals surface area contributed by atoms with Crippen LogP contribution in [-0.4, -0.2) is 38.6 Å². The summed E-state index contributed by atoms with van der Waals surface area (Å²) in [6, 6.07) is 0. The molecular weight excluding hydrogens is 319 g/mol. The van der Waals surface area contributed by atoms with Crippen molar-refractivity contribution in [1.82, 2.24) is 0 Å². The molecule has 0 spiro atoms. The first-order valence-electron chi connectivity index (χ1n) is 7.88. The predicted molar refractivity (Wildman–Crippen MR) is 77.5 cm³/mol. The van der Waals surface area contributed by atoms with Gasteiger partial charge in [-0.25, -0.2) is 8.42 Å². The van der Waals surface area contributed by atoms with E-state index < -0.39 is 16.5 Å². The van der Waals surface area contributed by atoms with Crippen LogP contribution in [0.5, 0.6) is 0 Å². The van der Waals surface area contributed by atoms with Crippen molar-refractivity contribution < 1.29 is 56.2 Å². The maximum Gasteiger partial charge on any atom is 1.00 e. The van der Waals surface area contributed by atoms with E-state index in [2.05, 4.69) is 11.1 Å². The first-order chi connectivity index (χ1) is 10.0. The van der Waals surface area contributed by atoms with Crippen LogP contribution in [0.4, 0.5) is 0 Å². The van der Waals surface area contributed by atoms with Crippen LogP contribution in [0, 0.1) is 0 Å². The molecule has 0 aromatic heterocycles. The summed E-state index contributed by atoms with van der Waals surface area (Å²) in [6.07, 6.45) is 9.62. The molecule has 0 bridgehead atoms. The van der Waals surface area contributed by atoms with Crippen molar-refractivity contribution >= 4 is 10.4 Å². The van der Waals surface area contributed by atoms with Crippen LogP contribution in [-0.2, 0) is 24.1 Å². The molecule has 6 nitrogen and oxygen atoms in total. The average Bonchev–Trinajstić information content (AvgIpc) is 2.42. The van der Waals surface area contributed by atoms with Crippen molar-refractivity contribution in [3.8, 4) is 0 Å². The van der Waals surface area contributed by atoms with Crippen molar-refractivity contribution in [2.75, 3.05) is 13.2 Å². The fourth-order valence-electron chi connectivity index (χ4n) is 2.36. The molecule has 1 heterocycles. The van der Waals surface area contributed by atoms with E-state index in [1.807, 2.05) is 0 Å². The Balaban J connectivity index is 0.00000441. The van der Waals surface area contributed by atoms with Gasteiger partial charge in [-0.2, -0.15) is 0 Å². The molecule has 22 heavy (non-hydrogen) atoms. The van der Waals surface area contributed by atoms with Crippen molar-refractivity contribution in [3.05, 3.63) is 0 Å². The topological polar surface area (TPSA) is 84.9 Å². The summed E-state index contributed by atoms with van der Waals surface area (Å²) in [5.74, 6) is 0. The van der Waals surface area contributed by atoms with Crippen LogP contribution in [0.3, 0.4) is 0 Å². The average molecular weight is 346 g/mol. The number of rotatable bonds is 11. The maximum absolute atomic E-state index is 10.4. The predicted octanol–water partition coefficient (Wildman–Crippen LogP) is -0.260. The number of ether oxygens (including phenoxy) is 2. The summed E-state index contributed by atoms with van der Waals surface area (Å²) in [7, 11) is -4.69. The minimum absolute atomic E-state index is 0. The quantitative estimate of drug-likeness (QED) is 0.222. The van der Waals surface area contributed by atoms with Crippen molar-refractivity contribution in [2.24, 2.45) is 0 Å². The fourth-order valence-corrected chi connectivity index (χ4v) is 2.80. The second kappa shape index (κ2) is 13.1. The molecule has 1 aliphatic rings. The van der Waals surface area contributed by atoms with Crippen LogP contribution in [0.2, 0.25) is 0 Å². The zero-order valence-electron chi connectivity index (χ0n) is 13.8. The molecule has 0 aromatic carbocycles. The SMILES string of the molecule is CCCCCCCCCCC1OCC(OS(=O)(=O)[O-])CO1.[Na+].